The molecule has 1 aliphatic rings. The first-order chi connectivity index (χ1) is 11.4. The van der Waals surface area contributed by atoms with Crippen LogP contribution in [0.25, 0.3) is 21.5 Å². The Hall–Kier alpha value is -2.60. The predicted octanol–water partition coefficient (Wildman–Crippen LogP) is 3.94. The summed E-state index contributed by atoms with van der Waals surface area (Å²) in [6.45, 7) is 0. The van der Waals surface area contributed by atoms with Gasteiger partial charge in [-0.15, -0.1) is 0 Å². The molecule has 1 aliphatic heterocycles. The second kappa shape index (κ2) is 4.95. The number of nitrogens with one attached hydrogen (secondary N) is 1. The lowest BCUT2D eigenvalue weighted by Gasteiger charge is -2.24. The molecule has 0 saturated heterocycles. The standard InChI is InChI=1S/C18H13F3N2O/c19-18(20,21)17(24)10-15(22-23-17)16-13-7-3-1-5-11(13)9-12-6-2-4-8-14(12)16/h1-9,23-24H,10H2/t17-/m0/s1. The topological polar surface area (TPSA) is 44.6 Å². The summed E-state index contributed by atoms with van der Waals surface area (Å²) in [5, 5.41) is 17.1. The van der Waals surface area contributed by atoms with Gasteiger partial charge in [-0.3, -0.25) is 5.43 Å². The lowest BCUT2D eigenvalue weighted by molar-refractivity contribution is -0.266. The van der Waals surface area contributed by atoms with E-state index in [4.69, 9.17) is 0 Å². The maximum atomic E-state index is 13.1. The van der Waals surface area contributed by atoms with E-state index in [9.17, 15) is 18.3 Å². The number of hydrogen-bond donors (Lipinski definition) is 2. The Kier molecular flexibility index (Phi) is 3.08. The molecule has 24 heavy (non-hydrogen) atoms. The third kappa shape index (κ3) is 2.14. The fourth-order valence-electron chi connectivity index (χ4n) is 3.11. The van der Waals surface area contributed by atoms with Crippen molar-refractivity contribution in [2.75, 3.05) is 0 Å². The molecule has 4 rings (SSSR count). The van der Waals surface area contributed by atoms with E-state index in [2.05, 4.69) is 5.10 Å². The number of aliphatic hydroxyl groups is 1. The van der Waals surface area contributed by atoms with Crippen LogP contribution in [0, 0.1) is 0 Å². The van der Waals surface area contributed by atoms with Crippen LogP contribution in [-0.2, 0) is 0 Å². The molecule has 1 atom stereocenters. The molecule has 3 nitrogen and oxygen atoms in total. The van der Waals surface area contributed by atoms with Gasteiger partial charge >= 0.3 is 6.18 Å². The number of alkyl halides is 3. The second-order valence-corrected chi connectivity index (χ2v) is 5.90. The van der Waals surface area contributed by atoms with Crippen LogP contribution in [0.15, 0.2) is 59.7 Å². The zero-order valence-corrected chi connectivity index (χ0v) is 12.4. The van der Waals surface area contributed by atoms with Crippen molar-refractivity contribution in [2.24, 2.45) is 5.10 Å². The minimum atomic E-state index is -4.81. The molecule has 0 unspecified atom stereocenters. The number of benzene rings is 3. The summed E-state index contributed by atoms with van der Waals surface area (Å²) in [5.74, 6) is 0. The largest absolute Gasteiger partial charge is 0.438 e. The monoisotopic (exact) mass is 330 g/mol. The van der Waals surface area contributed by atoms with Crippen LogP contribution >= 0.6 is 0 Å². The molecule has 122 valence electrons. The normalized spacial score (nSPS) is 21.1. The number of rotatable bonds is 1. The van der Waals surface area contributed by atoms with E-state index < -0.39 is 18.3 Å². The first-order valence-corrected chi connectivity index (χ1v) is 7.43. The Morgan fingerprint density at radius 3 is 2.00 bits per heavy atom. The molecule has 2 N–H and O–H groups in total. The molecule has 0 aromatic heterocycles. The summed E-state index contributed by atoms with van der Waals surface area (Å²) in [6.07, 6.45) is -5.44. The van der Waals surface area contributed by atoms with Crippen molar-refractivity contribution >= 4 is 27.3 Å². The molecule has 0 saturated carbocycles. The molecular weight excluding hydrogens is 317 g/mol. The average molecular weight is 330 g/mol. The molecule has 3 aromatic carbocycles. The first kappa shape index (κ1) is 15.0. The summed E-state index contributed by atoms with van der Waals surface area (Å²) in [5.41, 5.74) is -0.339. The summed E-state index contributed by atoms with van der Waals surface area (Å²) >= 11 is 0. The number of hydrogen-bond acceptors (Lipinski definition) is 3. The average Bonchev–Trinajstić information content (AvgIpc) is 2.95. The molecule has 0 aliphatic carbocycles. The van der Waals surface area contributed by atoms with E-state index in [-0.39, 0.29) is 5.71 Å². The highest BCUT2D eigenvalue weighted by atomic mass is 19.4. The van der Waals surface area contributed by atoms with Gasteiger partial charge in [0.25, 0.3) is 5.72 Å². The third-order valence-electron chi connectivity index (χ3n) is 4.33. The van der Waals surface area contributed by atoms with Crippen molar-refractivity contribution in [2.45, 2.75) is 18.3 Å². The van der Waals surface area contributed by atoms with E-state index >= 15 is 0 Å². The zero-order valence-electron chi connectivity index (χ0n) is 12.4. The van der Waals surface area contributed by atoms with E-state index in [0.29, 0.717) is 5.56 Å². The van der Waals surface area contributed by atoms with Crippen molar-refractivity contribution < 1.29 is 18.3 Å². The minimum Gasteiger partial charge on any atom is -0.362 e. The molecular formula is C18H13F3N2O. The van der Waals surface area contributed by atoms with Gasteiger partial charge in [0.15, 0.2) is 0 Å². The lowest BCUT2D eigenvalue weighted by Crippen LogP contribution is -2.52. The molecule has 6 heteroatoms. The Labute approximate surface area is 135 Å². The van der Waals surface area contributed by atoms with Crippen molar-refractivity contribution in [3.63, 3.8) is 0 Å². The molecule has 0 fully saturated rings. The van der Waals surface area contributed by atoms with Gasteiger partial charge in [-0.05, 0) is 27.6 Å². The van der Waals surface area contributed by atoms with E-state index in [0.717, 1.165) is 21.5 Å². The van der Waals surface area contributed by atoms with Crippen molar-refractivity contribution in [1.82, 2.24) is 5.43 Å². The van der Waals surface area contributed by atoms with Crippen LogP contribution in [0.4, 0.5) is 13.2 Å². The Balaban J connectivity index is 1.96. The number of halogens is 3. The van der Waals surface area contributed by atoms with Gasteiger partial charge in [-0.25, -0.2) is 0 Å². The van der Waals surface area contributed by atoms with Crippen LogP contribution in [-0.4, -0.2) is 22.7 Å². The van der Waals surface area contributed by atoms with Crippen molar-refractivity contribution in [3.05, 3.63) is 60.2 Å². The summed E-state index contributed by atoms with van der Waals surface area (Å²) in [4.78, 5) is 0. The van der Waals surface area contributed by atoms with Gasteiger partial charge in [0, 0.05) is 5.56 Å². The highest BCUT2D eigenvalue weighted by molar-refractivity contribution is 6.21. The van der Waals surface area contributed by atoms with E-state index in [1.54, 1.807) is 0 Å². The molecule has 0 radical (unpaired) electrons. The molecule has 3 aromatic rings. The van der Waals surface area contributed by atoms with Crippen molar-refractivity contribution in [1.29, 1.82) is 0 Å². The third-order valence-corrected chi connectivity index (χ3v) is 4.33. The predicted molar refractivity (Wildman–Crippen MR) is 86.7 cm³/mol. The van der Waals surface area contributed by atoms with Crippen LogP contribution in [0.5, 0.6) is 0 Å². The maximum Gasteiger partial charge on any atom is 0.438 e. The summed E-state index contributed by atoms with van der Waals surface area (Å²) < 4.78 is 39.2. The minimum absolute atomic E-state index is 0.197. The van der Waals surface area contributed by atoms with Gasteiger partial charge in [-0.2, -0.15) is 18.3 Å². The fourth-order valence-corrected chi connectivity index (χ4v) is 3.11. The second-order valence-electron chi connectivity index (χ2n) is 5.90. The fraction of sp³-hybridized carbons (Fsp3) is 0.167. The summed E-state index contributed by atoms with van der Waals surface area (Å²) in [6, 6.07) is 16.9. The van der Waals surface area contributed by atoms with Gasteiger partial charge in [-0.1, -0.05) is 48.5 Å². The molecule has 0 bridgehead atoms. The highest BCUT2D eigenvalue weighted by Crippen LogP contribution is 2.38. The van der Waals surface area contributed by atoms with Crippen molar-refractivity contribution in [3.8, 4) is 0 Å². The van der Waals surface area contributed by atoms with Crippen LogP contribution in [0.3, 0.4) is 0 Å². The number of hydrazone groups is 1. The number of fused-ring (bicyclic) bond motifs is 2. The van der Waals surface area contributed by atoms with Gasteiger partial charge < -0.3 is 5.11 Å². The van der Waals surface area contributed by atoms with Gasteiger partial charge in [0.05, 0.1) is 12.1 Å². The van der Waals surface area contributed by atoms with Gasteiger partial charge in [0.2, 0.25) is 0 Å². The number of nitrogens with zero attached hydrogens (tertiary/aromatic N) is 1. The maximum absolute atomic E-state index is 13.1. The van der Waals surface area contributed by atoms with Crippen LogP contribution in [0.2, 0.25) is 0 Å². The summed E-state index contributed by atoms with van der Waals surface area (Å²) in [7, 11) is 0. The molecule has 0 amide bonds. The quantitative estimate of drug-likeness (QED) is 0.664. The molecule has 0 spiro atoms. The van der Waals surface area contributed by atoms with E-state index in [1.807, 2.05) is 60.0 Å². The molecule has 1 heterocycles. The highest BCUT2D eigenvalue weighted by Gasteiger charge is 2.57. The Bertz CT molecular complexity index is 927. The van der Waals surface area contributed by atoms with Crippen LogP contribution in [0.1, 0.15) is 12.0 Å². The SMILES string of the molecule is O[C@]1(C(F)(F)F)CC(c2c3ccccc3cc3ccccc23)=NN1. The Morgan fingerprint density at radius 1 is 0.958 bits per heavy atom. The smallest absolute Gasteiger partial charge is 0.362 e. The first-order valence-electron chi connectivity index (χ1n) is 7.43. The van der Waals surface area contributed by atoms with E-state index in [1.165, 1.54) is 0 Å². The zero-order chi connectivity index (χ0) is 16.9. The van der Waals surface area contributed by atoms with Crippen LogP contribution < -0.4 is 5.43 Å². The van der Waals surface area contributed by atoms with Gasteiger partial charge in [0.1, 0.15) is 0 Å². The lowest BCUT2D eigenvalue weighted by atomic mass is 9.91. The Morgan fingerprint density at radius 2 is 1.50 bits per heavy atom.